The van der Waals surface area contributed by atoms with Gasteiger partial charge in [0.25, 0.3) is 0 Å². The molecule has 1 heterocycles. The number of aryl methyl sites for hydroxylation is 1. The Kier molecular flexibility index (Phi) is 7.06. The van der Waals surface area contributed by atoms with E-state index in [-0.39, 0.29) is 11.9 Å². The summed E-state index contributed by atoms with van der Waals surface area (Å²) < 4.78 is 5.24. The Labute approximate surface area is 168 Å². The number of benzene rings is 2. The van der Waals surface area contributed by atoms with E-state index in [0.717, 1.165) is 44.0 Å². The topological polar surface area (TPSA) is 44.8 Å². The molecule has 1 aliphatic rings. The van der Waals surface area contributed by atoms with Gasteiger partial charge in [0.05, 0.1) is 13.2 Å². The number of hydrogen-bond acceptors (Lipinski definition) is 4. The van der Waals surface area contributed by atoms with Gasteiger partial charge in [-0.3, -0.25) is 14.6 Å². The standard InChI is InChI=1S/C23H31N3O2/c1-18-7-4-5-9-21(18)17-25-11-13-26(14-12-25)19(2)23(27)24-16-20-8-6-10-22(15-20)28-3/h4-10,15,19H,11-14,16-17H2,1-3H3,(H,24,27). The molecule has 1 saturated heterocycles. The van der Waals surface area contributed by atoms with E-state index in [2.05, 4.69) is 46.3 Å². The minimum Gasteiger partial charge on any atom is -0.497 e. The lowest BCUT2D eigenvalue weighted by molar-refractivity contribution is -0.126. The zero-order valence-electron chi connectivity index (χ0n) is 17.1. The minimum absolute atomic E-state index is 0.0789. The first-order chi connectivity index (χ1) is 13.6. The zero-order valence-corrected chi connectivity index (χ0v) is 17.1. The number of amides is 1. The molecule has 1 fully saturated rings. The maximum atomic E-state index is 12.6. The van der Waals surface area contributed by atoms with Gasteiger partial charge in [-0.2, -0.15) is 0 Å². The molecule has 1 unspecified atom stereocenters. The smallest absolute Gasteiger partial charge is 0.237 e. The predicted octanol–water partition coefficient (Wildman–Crippen LogP) is 2.83. The third-order valence-corrected chi connectivity index (χ3v) is 5.59. The summed E-state index contributed by atoms with van der Waals surface area (Å²) in [6, 6.07) is 16.2. The molecule has 28 heavy (non-hydrogen) atoms. The molecule has 1 amide bonds. The minimum atomic E-state index is -0.119. The summed E-state index contributed by atoms with van der Waals surface area (Å²) in [5, 5.41) is 3.06. The molecule has 0 aromatic heterocycles. The van der Waals surface area contributed by atoms with Crippen LogP contribution in [0, 0.1) is 6.92 Å². The first-order valence-electron chi connectivity index (χ1n) is 9.98. The molecule has 2 aromatic rings. The van der Waals surface area contributed by atoms with E-state index < -0.39 is 0 Å². The van der Waals surface area contributed by atoms with Crippen molar-refractivity contribution in [2.75, 3.05) is 33.3 Å². The normalized spacial score (nSPS) is 16.5. The van der Waals surface area contributed by atoms with Gasteiger partial charge in [-0.25, -0.2) is 0 Å². The van der Waals surface area contributed by atoms with Crippen LogP contribution in [0.1, 0.15) is 23.6 Å². The highest BCUT2D eigenvalue weighted by molar-refractivity contribution is 5.81. The quantitative estimate of drug-likeness (QED) is 0.801. The van der Waals surface area contributed by atoms with Gasteiger partial charge < -0.3 is 10.1 Å². The summed E-state index contributed by atoms with van der Waals surface area (Å²) in [7, 11) is 1.65. The molecule has 0 spiro atoms. The van der Waals surface area contributed by atoms with Gasteiger partial charge in [0, 0.05) is 39.3 Å². The van der Waals surface area contributed by atoms with Crippen LogP contribution in [0.15, 0.2) is 48.5 Å². The molecule has 1 atom stereocenters. The van der Waals surface area contributed by atoms with Gasteiger partial charge in [-0.05, 0) is 42.7 Å². The molecular formula is C23H31N3O2. The number of nitrogens with zero attached hydrogens (tertiary/aromatic N) is 2. The summed E-state index contributed by atoms with van der Waals surface area (Å²) in [5.74, 6) is 0.889. The molecule has 0 radical (unpaired) electrons. The van der Waals surface area contributed by atoms with E-state index in [4.69, 9.17) is 4.74 Å². The molecule has 0 saturated carbocycles. The van der Waals surface area contributed by atoms with Gasteiger partial charge in [-0.15, -0.1) is 0 Å². The summed E-state index contributed by atoms with van der Waals surface area (Å²) in [6.45, 7) is 9.48. The van der Waals surface area contributed by atoms with Crippen LogP contribution in [0.2, 0.25) is 0 Å². The maximum Gasteiger partial charge on any atom is 0.237 e. The fourth-order valence-electron chi connectivity index (χ4n) is 3.62. The van der Waals surface area contributed by atoms with Crippen LogP contribution in [0.4, 0.5) is 0 Å². The van der Waals surface area contributed by atoms with Crippen LogP contribution < -0.4 is 10.1 Å². The van der Waals surface area contributed by atoms with E-state index >= 15 is 0 Å². The van der Waals surface area contributed by atoms with Crippen molar-refractivity contribution < 1.29 is 9.53 Å². The fraction of sp³-hybridized carbons (Fsp3) is 0.435. The molecule has 5 nitrogen and oxygen atoms in total. The monoisotopic (exact) mass is 381 g/mol. The Morgan fingerprint density at radius 2 is 1.86 bits per heavy atom. The van der Waals surface area contributed by atoms with Crippen LogP contribution in [-0.4, -0.2) is 55.0 Å². The van der Waals surface area contributed by atoms with Crippen molar-refractivity contribution >= 4 is 5.91 Å². The molecule has 1 aliphatic heterocycles. The van der Waals surface area contributed by atoms with Gasteiger partial charge in [0.15, 0.2) is 0 Å². The van der Waals surface area contributed by atoms with Crippen molar-refractivity contribution in [1.29, 1.82) is 0 Å². The number of hydrogen-bond donors (Lipinski definition) is 1. The van der Waals surface area contributed by atoms with Gasteiger partial charge in [0.2, 0.25) is 5.91 Å². The molecule has 0 aliphatic carbocycles. The Bertz CT molecular complexity index is 785. The number of nitrogens with one attached hydrogen (secondary N) is 1. The van der Waals surface area contributed by atoms with Crippen molar-refractivity contribution in [2.24, 2.45) is 0 Å². The van der Waals surface area contributed by atoms with Gasteiger partial charge in [-0.1, -0.05) is 36.4 Å². The van der Waals surface area contributed by atoms with Crippen LogP contribution in [0.3, 0.4) is 0 Å². The highest BCUT2D eigenvalue weighted by Crippen LogP contribution is 2.15. The fourth-order valence-corrected chi connectivity index (χ4v) is 3.62. The van der Waals surface area contributed by atoms with Crippen molar-refractivity contribution in [2.45, 2.75) is 33.0 Å². The van der Waals surface area contributed by atoms with E-state index in [1.54, 1.807) is 7.11 Å². The largest absolute Gasteiger partial charge is 0.497 e. The summed E-state index contributed by atoms with van der Waals surface area (Å²) >= 11 is 0. The average molecular weight is 382 g/mol. The van der Waals surface area contributed by atoms with Crippen LogP contribution in [0.25, 0.3) is 0 Å². The van der Waals surface area contributed by atoms with Crippen molar-refractivity contribution in [3.63, 3.8) is 0 Å². The SMILES string of the molecule is COc1cccc(CNC(=O)C(C)N2CCN(Cc3ccccc3C)CC2)c1. The van der Waals surface area contributed by atoms with Crippen LogP contribution in [0.5, 0.6) is 5.75 Å². The molecular weight excluding hydrogens is 350 g/mol. The van der Waals surface area contributed by atoms with Crippen LogP contribution >= 0.6 is 0 Å². The first kappa shape index (κ1) is 20.4. The molecule has 150 valence electrons. The molecule has 3 rings (SSSR count). The maximum absolute atomic E-state index is 12.6. The molecule has 1 N–H and O–H groups in total. The molecule has 5 heteroatoms. The van der Waals surface area contributed by atoms with E-state index in [9.17, 15) is 4.79 Å². The number of methoxy groups -OCH3 is 1. The summed E-state index contributed by atoms with van der Waals surface area (Å²) in [6.07, 6.45) is 0. The lowest BCUT2D eigenvalue weighted by Gasteiger charge is -2.37. The van der Waals surface area contributed by atoms with Crippen molar-refractivity contribution in [1.82, 2.24) is 15.1 Å². The Balaban J connectivity index is 1.45. The molecule has 2 aromatic carbocycles. The van der Waals surface area contributed by atoms with Crippen molar-refractivity contribution in [3.8, 4) is 5.75 Å². The van der Waals surface area contributed by atoms with E-state index in [1.165, 1.54) is 11.1 Å². The second kappa shape index (κ2) is 9.71. The number of rotatable bonds is 7. The summed E-state index contributed by atoms with van der Waals surface area (Å²) in [4.78, 5) is 17.3. The lowest BCUT2D eigenvalue weighted by atomic mass is 10.1. The van der Waals surface area contributed by atoms with Crippen molar-refractivity contribution in [3.05, 3.63) is 65.2 Å². The number of carbonyl (C=O) groups is 1. The molecule has 0 bridgehead atoms. The van der Waals surface area contributed by atoms with Crippen LogP contribution in [-0.2, 0) is 17.9 Å². The highest BCUT2D eigenvalue weighted by atomic mass is 16.5. The zero-order chi connectivity index (χ0) is 19.9. The van der Waals surface area contributed by atoms with Gasteiger partial charge >= 0.3 is 0 Å². The lowest BCUT2D eigenvalue weighted by Crippen LogP contribution is -2.53. The third kappa shape index (κ3) is 5.33. The second-order valence-corrected chi connectivity index (χ2v) is 7.48. The summed E-state index contributed by atoms with van der Waals surface area (Å²) in [5.41, 5.74) is 3.78. The average Bonchev–Trinajstić information content (AvgIpc) is 2.74. The third-order valence-electron chi connectivity index (χ3n) is 5.59. The first-order valence-corrected chi connectivity index (χ1v) is 9.98. The van der Waals surface area contributed by atoms with Gasteiger partial charge in [0.1, 0.15) is 5.75 Å². The number of ether oxygens (including phenoxy) is 1. The second-order valence-electron chi connectivity index (χ2n) is 7.48. The predicted molar refractivity (Wildman–Crippen MR) is 112 cm³/mol. The number of carbonyl (C=O) groups excluding carboxylic acids is 1. The van der Waals surface area contributed by atoms with E-state index in [0.29, 0.717) is 6.54 Å². The number of piperazine rings is 1. The Morgan fingerprint density at radius 1 is 1.11 bits per heavy atom. The Hall–Kier alpha value is -2.37. The highest BCUT2D eigenvalue weighted by Gasteiger charge is 2.25. The van der Waals surface area contributed by atoms with E-state index in [1.807, 2.05) is 31.2 Å². The Morgan fingerprint density at radius 3 is 2.57 bits per heavy atom.